The van der Waals surface area contributed by atoms with E-state index in [1.165, 1.54) is 47.4 Å². The van der Waals surface area contributed by atoms with Gasteiger partial charge in [0.25, 0.3) is 17.5 Å². The van der Waals surface area contributed by atoms with Crippen LogP contribution < -0.4 is 10.6 Å². The number of non-ortho nitro benzene ring substituents is 1. The molecule has 0 bridgehead atoms. The Morgan fingerprint density at radius 2 is 1.79 bits per heavy atom. The van der Waals surface area contributed by atoms with Gasteiger partial charge in [0.05, 0.1) is 15.1 Å². The molecule has 3 aromatic rings. The molecule has 0 unspecified atom stereocenters. The van der Waals surface area contributed by atoms with Crippen molar-refractivity contribution in [1.29, 1.82) is 0 Å². The number of hydrogen-bond donors (Lipinski definition) is 2. The highest BCUT2D eigenvalue weighted by molar-refractivity contribution is 8.01. The lowest BCUT2D eigenvalue weighted by atomic mass is 10.1. The highest BCUT2D eigenvalue weighted by Gasteiger charge is 2.28. The van der Waals surface area contributed by atoms with E-state index in [1.54, 1.807) is 0 Å². The van der Waals surface area contributed by atoms with Gasteiger partial charge >= 0.3 is 6.03 Å². The van der Waals surface area contributed by atoms with E-state index in [2.05, 4.69) is 4.98 Å². The third kappa shape index (κ3) is 3.86. The maximum atomic E-state index is 12.0. The summed E-state index contributed by atoms with van der Waals surface area (Å²) < 4.78 is 1.69. The third-order valence-electron chi connectivity index (χ3n) is 3.92. The van der Waals surface area contributed by atoms with Gasteiger partial charge in [-0.2, -0.15) is 0 Å². The van der Waals surface area contributed by atoms with Crippen molar-refractivity contribution in [3.63, 3.8) is 0 Å². The molecule has 1 aliphatic heterocycles. The van der Waals surface area contributed by atoms with Gasteiger partial charge in [0.2, 0.25) is 0 Å². The molecule has 0 saturated carbocycles. The van der Waals surface area contributed by atoms with Gasteiger partial charge in [0.1, 0.15) is 5.57 Å². The normalized spacial score (nSPS) is 13.9. The highest BCUT2D eigenvalue weighted by Crippen LogP contribution is 2.37. The molecule has 29 heavy (non-hydrogen) atoms. The maximum Gasteiger partial charge on any atom is 0.328 e. The van der Waals surface area contributed by atoms with Crippen molar-refractivity contribution >= 4 is 62.9 Å². The number of carbonyl (C=O) groups is 3. The predicted molar refractivity (Wildman–Crippen MR) is 106 cm³/mol. The zero-order valence-corrected chi connectivity index (χ0v) is 16.0. The van der Waals surface area contributed by atoms with Crippen molar-refractivity contribution in [1.82, 2.24) is 15.6 Å². The van der Waals surface area contributed by atoms with Crippen LogP contribution >= 0.6 is 23.1 Å². The van der Waals surface area contributed by atoms with Crippen molar-refractivity contribution in [3.8, 4) is 0 Å². The van der Waals surface area contributed by atoms with Crippen LogP contribution in [0.2, 0.25) is 0 Å². The number of fused-ring (bicyclic) bond motifs is 1. The summed E-state index contributed by atoms with van der Waals surface area (Å²) in [6.45, 7) is 0. The van der Waals surface area contributed by atoms with Crippen LogP contribution in [0.1, 0.15) is 5.56 Å². The number of carbonyl (C=O) groups excluding carboxylic acids is 3. The van der Waals surface area contributed by atoms with E-state index in [9.17, 15) is 24.5 Å². The number of imide groups is 2. The fourth-order valence-corrected chi connectivity index (χ4v) is 4.71. The zero-order valence-electron chi connectivity index (χ0n) is 14.4. The van der Waals surface area contributed by atoms with Crippen LogP contribution in [0.5, 0.6) is 0 Å². The Kier molecular flexibility index (Phi) is 4.82. The number of nitro groups is 1. The van der Waals surface area contributed by atoms with Crippen LogP contribution in [0.4, 0.5) is 10.5 Å². The topological polar surface area (TPSA) is 131 Å². The van der Waals surface area contributed by atoms with Crippen LogP contribution in [0.15, 0.2) is 57.3 Å². The molecule has 1 saturated heterocycles. The molecule has 1 fully saturated rings. The molecule has 4 amide bonds. The Labute approximate surface area is 171 Å². The first-order valence-electron chi connectivity index (χ1n) is 8.11. The SMILES string of the molecule is O=C1NC(=O)C(=Cc2cc([N+](=O)[O-])ccc2Sc2nc3ccccc3s2)C(=O)N1. The van der Waals surface area contributed by atoms with Crippen LogP contribution in [0.25, 0.3) is 16.3 Å². The van der Waals surface area contributed by atoms with E-state index in [0.717, 1.165) is 10.2 Å². The van der Waals surface area contributed by atoms with Gasteiger partial charge in [-0.25, -0.2) is 9.78 Å². The second kappa shape index (κ2) is 7.45. The Bertz CT molecular complexity index is 1180. The Balaban J connectivity index is 1.76. The fraction of sp³-hybridized carbons (Fsp3) is 0. The van der Waals surface area contributed by atoms with Crippen LogP contribution in [-0.4, -0.2) is 27.8 Å². The second-order valence-electron chi connectivity index (χ2n) is 5.82. The first-order chi connectivity index (χ1) is 13.9. The molecule has 11 heteroatoms. The maximum absolute atomic E-state index is 12.0. The van der Waals surface area contributed by atoms with Crippen LogP contribution in [0.3, 0.4) is 0 Å². The fourth-order valence-electron chi connectivity index (χ4n) is 2.61. The largest absolute Gasteiger partial charge is 0.328 e. The molecule has 1 aliphatic rings. The summed E-state index contributed by atoms with van der Waals surface area (Å²) in [5.74, 6) is -1.75. The molecule has 2 aromatic carbocycles. The quantitative estimate of drug-likeness (QED) is 0.284. The number of hydrogen-bond acceptors (Lipinski definition) is 8. The van der Waals surface area contributed by atoms with Crippen LogP contribution in [0, 0.1) is 10.1 Å². The van der Waals surface area contributed by atoms with Gasteiger partial charge in [0, 0.05) is 17.0 Å². The number of thiazole rings is 1. The lowest BCUT2D eigenvalue weighted by Crippen LogP contribution is -2.51. The smallest absolute Gasteiger partial charge is 0.273 e. The van der Waals surface area contributed by atoms with E-state index in [4.69, 9.17) is 0 Å². The Morgan fingerprint density at radius 3 is 2.48 bits per heavy atom. The summed E-state index contributed by atoms with van der Waals surface area (Å²) in [5, 5.41) is 15.1. The lowest BCUT2D eigenvalue weighted by Gasteiger charge is -2.14. The van der Waals surface area contributed by atoms with Gasteiger partial charge in [-0.1, -0.05) is 23.9 Å². The summed E-state index contributed by atoms with van der Waals surface area (Å²) >= 11 is 2.71. The summed E-state index contributed by atoms with van der Waals surface area (Å²) in [4.78, 5) is 50.9. The molecule has 0 atom stereocenters. The summed E-state index contributed by atoms with van der Waals surface area (Å²) in [7, 11) is 0. The van der Waals surface area contributed by atoms with E-state index in [-0.39, 0.29) is 16.8 Å². The van der Waals surface area contributed by atoms with Crippen molar-refractivity contribution < 1.29 is 19.3 Å². The van der Waals surface area contributed by atoms with Crippen molar-refractivity contribution in [2.45, 2.75) is 9.24 Å². The summed E-state index contributed by atoms with van der Waals surface area (Å²) in [5.41, 5.74) is 0.596. The number of aromatic nitrogens is 1. The first kappa shape index (κ1) is 18.8. The van der Waals surface area contributed by atoms with Crippen molar-refractivity contribution in [3.05, 3.63) is 63.7 Å². The van der Waals surface area contributed by atoms with Crippen molar-refractivity contribution in [2.24, 2.45) is 0 Å². The average molecular weight is 426 g/mol. The number of amides is 4. The molecule has 0 spiro atoms. The van der Waals surface area contributed by atoms with Crippen LogP contribution in [-0.2, 0) is 9.59 Å². The predicted octanol–water partition coefficient (Wildman–Crippen LogP) is 3.11. The molecule has 2 N–H and O–H groups in total. The number of benzene rings is 2. The zero-order chi connectivity index (χ0) is 20.5. The number of barbiturate groups is 1. The molecular formula is C18H10N4O5S2. The van der Waals surface area contributed by atoms with E-state index in [0.29, 0.717) is 9.24 Å². The molecule has 0 radical (unpaired) electrons. The summed E-state index contributed by atoms with van der Waals surface area (Å²) in [6.07, 6.45) is 1.22. The molecule has 0 aliphatic carbocycles. The third-order valence-corrected chi connectivity index (χ3v) is 6.11. The van der Waals surface area contributed by atoms with Gasteiger partial charge in [0.15, 0.2) is 4.34 Å². The monoisotopic (exact) mass is 426 g/mol. The average Bonchev–Trinajstić information content (AvgIpc) is 3.07. The van der Waals surface area contributed by atoms with E-state index >= 15 is 0 Å². The Hall–Kier alpha value is -3.57. The number of rotatable bonds is 4. The Morgan fingerprint density at radius 1 is 1.07 bits per heavy atom. The number of nitrogens with one attached hydrogen (secondary N) is 2. The first-order valence-corrected chi connectivity index (χ1v) is 9.74. The minimum absolute atomic E-state index is 0.196. The minimum atomic E-state index is -0.916. The molecule has 1 aromatic heterocycles. The van der Waals surface area contributed by atoms with Gasteiger partial charge in [-0.3, -0.25) is 30.3 Å². The molecule has 144 valence electrons. The number of nitrogens with zero attached hydrogens (tertiary/aromatic N) is 2. The number of para-hydroxylation sites is 1. The van der Waals surface area contributed by atoms with Gasteiger partial charge in [-0.15, -0.1) is 11.3 Å². The van der Waals surface area contributed by atoms with Crippen molar-refractivity contribution in [2.75, 3.05) is 0 Å². The van der Waals surface area contributed by atoms with E-state index < -0.39 is 22.8 Å². The molecule has 4 rings (SSSR count). The lowest BCUT2D eigenvalue weighted by molar-refractivity contribution is -0.384. The standard InChI is InChI=1S/C18H10N4O5S2/c23-15-11(16(24)21-17(25)20-15)8-9-7-10(22(26)27)5-6-13(9)28-18-19-12-3-1-2-4-14(12)29-18/h1-8H,(H2,20,21,23,24,25). The number of nitro benzene ring substituents is 1. The highest BCUT2D eigenvalue weighted by atomic mass is 32.2. The van der Waals surface area contributed by atoms with Gasteiger partial charge in [-0.05, 0) is 29.8 Å². The molecule has 9 nitrogen and oxygen atoms in total. The molecular weight excluding hydrogens is 416 g/mol. The number of urea groups is 1. The molecule has 2 heterocycles. The van der Waals surface area contributed by atoms with Gasteiger partial charge < -0.3 is 0 Å². The second-order valence-corrected chi connectivity index (χ2v) is 8.14. The minimum Gasteiger partial charge on any atom is -0.273 e. The summed E-state index contributed by atoms with van der Waals surface area (Å²) in [6, 6.07) is 10.8. The van der Waals surface area contributed by atoms with E-state index in [1.807, 2.05) is 34.9 Å².